The van der Waals surface area contributed by atoms with Gasteiger partial charge in [0.15, 0.2) is 0 Å². The Kier molecular flexibility index (Phi) is 4.26. The number of aromatic nitrogens is 3. The van der Waals surface area contributed by atoms with Gasteiger partial charge in [0.2, 0.25) is 0 Å². The van der Waals surface area contributed by atoms with Gasteiger partial charge >= 0.3 is 0 Å². The summed E-state index contributed by atoms with van der Waals surface area (Å²) in [5.41, 5.74) is 8.05. The van der Waals surface area contributed by atoms with E-state index in [1.807, 2.05) is 11.6 Å². The van der Waals surface area contributed by atoms with E-state index >= 15 is 0 Å². The van der Waals surface area contributed by atoms with E-state index in [4.69, 9.17) is 5.73 Å². The topological polar surface area (TPSA) is 85.8 Å². The summed E-state index contributed by atoms with van der Waals surface area (Å²) in [6, 6.07) is 0. The van der Waals surface area contributed by atoms with Gasteiger partial charge < -0.3 is 11.1 Å². The van der Waals surface area contributed by atoms with E-state index in [-0.39, 0.29) is 5.91 Å². The average molecular weight is 319 g/mol. The Morgan fingerprint density at radius 2 is 2.36 bits per heavy atom. The SMILES string of the molecule is Cc1nc(C)c(CNC[C@H]2CCc3c(C(N)=O)cnn3C2)s1. The van der Waals surface area contributed by atoms with Crippen molar-refractivity contribution in [2.45, 2.75) is 39.8 Å². The van der Waals surface area contributed by atoms with Gasteiger partial charge in [-0.15, -0.1) is 11.3 Å². The fourth-order valence-electron chi connectivity index (χ4n) is 3.01. The molecule has 22 heavy (non-hydrogen) atoms. The van der Waals surface area contributed by atoms with E-state index in [0.717, 1.165) is 48.9 Å². The van der Waals surface area contributed by atoms with Crippen molar-refractivity contribution in [1.29, 1.82) is 0 Å². The smallest absolute Gasteiger partial charge is 0.252 e. The highest BCUT2D eigenvalue weighted by molar-refractivity contribution is 7.11. The van der Waals surface area contributed by atoms with Crippen LogP contribution >= 0.6 is 11.3 Å². The Balaban J connectivity index is 1.55. The molecule has 118 valence electrons. The number of nitrogens with zero attached hydrogens (tertiary/aromatic N) is 3. The normalized spacial score (nSPS) is 17.5. The number of carbonyl (C=O) groups is 1. The minimum absolute atomic E-state index is 0.381. The number of fused-ring (bicyclic) bond motifs is 1. The molecule has 1 aliphatic heterocycles. The van der Waals surface area contributed by atoms with Crippen molar-refractivity contribution in [3.8, 4) is 0 Å². The van der Waals surface area contributed by atoms with Crippen molar-refractivity contribution in [2.75, 3.05) is 6.54 Å². The summed E-state index contributed by atoms with van der Waals surface area (Å²) in [5.74, 6) is 0.149. The largest absolute Gasteiger partial charge is 0.365 e. The minimum Gasteiger partial charge on any atom is -0.365 e. The van der Waals surface area contributed by atoms with E-state index < -0.39 is 0 Å². The molecule has 1 amide bonds. The van der Waals surface area contributed by atoms with E-state index in [1.54, 1.807) is 17.5 Å². The quantitative estimate of drug-likeness (QED) is 0.872. The number of aryl methyl sites for hydroxylation is 2. The summed E-state index contributed by atoms with van der Waals surface area (Å²) in [7, 11) is 0. The molecule has 0 bridgehead atoms. The molecule has 6 nitrogen and oxygen atoms in total. The third kappa shape index (κ3) is 3.05. The molecule has 2 aromatic heterocycles. The summed E-state index contributed by atoms with van der Waals surface area (Å²) in [4.78, 5) is 17.1. The Morgan fingerprint density at radius 3 is 3.05 bits per heavy atom. The molecular formula is C15H21N5OS. The maximum absolute atomic E-state index is 11.3. The Bertz CT molecular complexity index is 690. The number of hydrogen-bond donors (Lipinski definition) is 2. The highest BCUT2D eigenvalue weighted by atomic mass is 32.1. The lowest BCUT2D eigenvalue weighted by molar-refractivity contribution is 0.0998. The predicted octanol–water partition coefficient (Wildman–Crippen LogP) is 1.41. The van der Waals surface area contributed by atoms with Gasteiger partial charge in [0.25, 0.3) is 5.91 Å². The maximum Gasteiger partial charge on any atom is 0.252 e. The highest BCUT2D eigenvalue weighted by Crippen LogP contribution is 2.22. The summed E-state index contributed by atoms with van der Waals surface area (Å²) >= 11 is 1.75. The van der Waals surface area contributed by atoms with Crippen molar-refractivity contribution in [1.82, 2.24) is 20.1 Å². The van der Waals surface area contributed by atoms with Crippen molar-refractivity contribution < 1.29 is 4.79 Å². The number of carbonyl (C=O) groups excluding carboxylic acids is 1. The third-order valence-corrected chi connectivity index (χ3v) is 5.23. The molecule has 1 atom stereocenters. The maximum atomic E-state index is 11.3. The summed E-state index contributed by atoms with van der Waals surface area (Å²) < 4.78 is 1.93. The first kappa shape index (κ1) is 15.2. The molecule has 0 unspecified atom stereocenters. The monoisotopic (exact) mass is 319 g/mol. The number of hydrogen-bond acceptors (Lipinski definition) is 5. The molecule has 3 N–H and O–H groups in total. The lowest BCUT2D eigenvalue weighted by Gasteiger charge is -2.24. The van der Waals surface area contributed by atoms with Crippen molar-refractivity contribution in [3.63, 3.8) is 0 Å². The molecule has 3 rings (SSSR count). The van der Waals surface area contributed by atoms with Crippen LogP contribution < -0.4 is 11.1 Å². The van der Waals surface area contributed by atoms with E-state index in [2.05, 4.69) is 22.3 Å². The van der Waals surface area contributed by atoms with Crippen LogP contribution in [0.15, 0.2) is 6.20 Å². The van der Waals surface area contributed by atoms with Crippen LogP contribution in [0.5, 0.6) is 0 Å². The lowest BCUT2D eigenvalue weighted by Crippen LogP contribution is -2.31. The molecule has 0 saturated heterocycles. The number of amides is 1. The standard InChI is InChI=1S/C15H21N5OS/c1-9-14(22-10(2)19-9)7-17-5-11-3-4-13-12(15(16)21)6-18-20(13)8-11/h6,11,17H,3-5,7-8H2,1-2H3,(H2,16,21)/t11-/m1/s1. The first-order valence-electron chi connectivity index (χ1n) is 7.52. The second-order valence-electron chi connectivity index (χ2n) is 5.83. The number of primary amides is 1. The van der Waals surface area contributed by atoms with Crippen LogP contribution in [0.1, 0.15) is 38.1 Å². The summed E-state index contributed by atoms with van der Waals surface area (Å²) in [5, 5.41) is 8.93. The first-order chi connectivity index (χ1) is 10.5. The van der Waals surface area contributed by atoms with Gasteiger partial charge in [0.1, 0.15) is 0 Å². The van der Waals surface area contributed by atoms with Gasteiger partial charge in [-0.25, -0.2) is 4.98 Å². The fourth-order valence-corrected chi connectivity index (χ4v) is 3.91. The molecule has 0 spiro atoms. The zero-order valence-electron chi connectivity index (χ0n) is 12.9. The molecule has 3 heterocycles. The van der Waals surface area contributed by atoms with Crippen LogP contribution in [-0.2, 0) is 19.5 Å². The third-order valence-electron chi connectivity index (χ3n) is 4.15. The van der Waals surface area contributed by atoms with Crippen LogP contribution in [0.25, 0.3) is 0 Å². The second-order valence-corrected chi connectivity index (χ2v) is 7.12. The van der Waals surface area contributed by atoms with Crippen molar-refractivity contribution in [2.24, 2.45) is 11.7 Å². The van der Waals surface area contributed by atoms with Gasteiger partial charge in [0, 0.05) is 24.5 Å². The molecule has 0 aliphatic carbocycles. The van der Waals surface area contributed by atoms with E-state index in [9.17, 15) is 4.79 Å². The van der Waals surface area contributed by atoms with Crippen LogP contribution in [0.2, 0.25) is 0 Å². The van der Waals surface area contributed by atoms with Crippen molar-refractivity contribution >= 4 is 17.2 Å². The average Bonchev–Trinajstić information content (AvgIpc) is 3.02. The van der Waals surface area contributed by atoms with Crippen LogP contribution in [0.4, 0.5) is 0 Å². The Labute approximate surface area is 133 Å². The zero-order chi connectivity index (χ0) is 15.7. The predicted molar refractivity (Wildman–Crippen MR) is 85.9 cm³/mol. The molecule has 0 saturated carbocycles. The molecule has 0 fully saturated rings. The molecule has 7 heteroatoms. The molecular weight excluding hydrogens is 298 g/mol. The lowest BCUT2D eigenvalue weighted by atomic mass is 9.96. The Hall–Kier alpha value is -1.73. The minimum atomic E-state index is -0.381. The number of nitrogens with one attached hydrogen (secondary N) is 1. The summed E-state index contributed by atoms with van der Waals surface area (Å²) in [6.45, 7) is 6.75. The van der Waals surface area contributed by atoms with E-state index in [0.29, 0.717) is 11.5 Å². The van der Waals surface area contributed by atoms with Crippen LogP contribution in [-0.4, -0.2) is 27.2 Å². The second kappa shape index (κ2) is 6.18. The number of nitrogens with two attached hydrogens (primary N) is 1. The van der Waals surface area contributed by atoms with Gasteiger partial charge in [0.05, 0.1) is 28.2 Å². The molecule has 1 aliphatic rings. The van der Waals surface area contributed by atoms with Crippen molar-refractivity contribution in [3.05, 3.63) is 33.0 Å². The zero-order valence-corrected chi connectivity index (χ0v) is 13.7. The number of thiazole rings is 1. The van der Waals surface area contributed by atoms with Gasteiger partial charge in [-0.05, 0) is 32.6 Å². The summed E-state index contributed by atoms with van der Waals surface area (Å²) in [6.07, 6.45) is 3.51. The van der Waals surface area contributed by atoms with Gasteiger partial charge in [-0.1, -0.05) is 0 Å². The van der Waals surface area contributed by atoms with E-state index in [1.165, 1.54) is 4.88 Å². The molecule has 2 aromatic rings. The van der Waals surface area contributed by atoms with Crippen LogP contribution in [0, 0.1) is 19.8 Å². The molecule has 0 aromatic carbocycles. The number of rotatable bonds is 5. The highest BCUT2D eigenvalue weighted by Gasteiger charge is 2.23. The first-order valence-corrected chi connectivity index (χ1v) is 8.34. The fraction of sp³-hybridized carbons (Fsp3) is 0.533. The van der Waals surface area contributed by atoms with Gasteiger partial charge in [-0.3, -0.25) is 9.48 Å². The van der Waals surface area contributed by atoms with Crippen LogP contribution in [0.3, 0.4) is 0 Å². The Morgan fingerprint density at radius 1 is 1.55 bits per heavy atom. The van der Waals surface area contributed by atoms with Gasteiger partial charge in [-0.2, -0.15) is 5.10 Å². The molecule has 0 radical (unpaired) electrons.